The van der Waals surface area contributed by atoms with Gasteiger partial charge in [0.2, 0.25) is 0 Å². The van der Waals surface area contributed by atoms with Crippen LogP contribution in [0.5, 0.6) is 0 Å². The van der Waals surface area contributed by atoms with Crippen LogP contribution >= 0.6 is 27.3 Å². The van der Waals surface area contributed by atoms with Crippen molar-refractivity contribution in [3.63, 3.8) is 0 Å². The lowest BCUT2D eigenvalue weighted by Crippen LogP contribution is -2.31. The maximum atomic E-state index is 15.0. The van der Waals surface area contributed by atoms with E-state index in [0.29, 0.717) is 0 Å². The predicted octanol–water partition coefficient (Wildman–Crippen LogP) is 3.39. The van der Waals surface area contributed by atoms with Gasteiger partial charge in [-0.3, -0.25) is 14.4 Å². The van der Waals surface area contributed by atoms with Gasteiger partial charge in [0.1, 0.15) is 11.4 Å². The summed E-state index contributed by atoms with van der Waals surface area (Å²) in [4.78, 5) is 39.3. The Morgan fingerprint density at radius 2 is 1.93 bits per heavy atom. The Labute approximate surface area is 184 Å². The smallest absolute Gasteiger partial charge is 0.272 e. The first-order valence-electron chi connectivity index (χ1n) is 8.86. The summed E-state index contributed by atoms with van der Waals surface area (Å²) in [6.45, 7) is 1.82. The highest BCUT2D eigenvalue weighted by Crippen LogP contribution is 2.27. The molecule has 3 rings (SSSR count). The summed E-state index contributed by atoms with van der Waals surface area (Å²) < 4.78 is 16.7. The van der Waals surface area contributed by atoms with Crippen molar-refractivity contribution in [3.05, 3.63) is 78.6 Å². The fourth-order valence-corrected chi connectivity index (χ4v) is 4.12. The quantitative estimate of drug-likeness (QED) is 0.591. The van der Waals surface area contributed by atoms with Crippen LogP contribution in [0.2, 0.25) is 0 Å². The second kappa shape index (κ2) is 8.88. The Bertz CT molecular complexity index is 1170. The molecule has 0 aliphatic heterocycles. The Balaban J connectivity index is 1.94. The number of thiophene rings is 1. The highest BCUT2D eigenvalue weighted by atomic mass is 79.9. The van der Waals surface area contributed by atoms with Gasteiger partial charge in [0.15, 0.2) is 5.82 Å². The largest absolute Gasteiger partial charge is 0.345 e. The molecule has 2 amide bonds. The van der Waals surface area contributed by atoms with Gasteiger partial charge in [-0.2, -0.15) is 9.78 Å². The zero-order valence-electron chi connectivity index (χ0n) is 16.3. The molecular weight excluding hydrogens is 475 g/mol. The lowest BCUT2D eigenvalue weighted by atomic mass is 10.1. The highest BCUT2D eigenvalue weighted by molar-refractivity contribution is 9.11. The SMILES string of the molecule is C[C@@H](NC(=O)c1ccc(=O)n(-c2cccc(C(=O)N(C)C)c2F)n1)c1ccc(Br)s1. The molecule has 10 heteroatoms. The van der Waals surface area contributed by atoms with E-state index in [1.54, 1.807) is 0 Å². The first kappa shape index (κ1) is 21.8. The number of hydrogen-bond donors (Lipinski definition) is 1. The fraction of sp³-hybridized carbons (Fsp3) is 0.200. The van der Waals surface area contributed by atoms with Crippen LogP contribution in [0.4, 0.5) is 4.39 Å². The number of amides is 2. The van der Waals surface area contributed by atoms with E-state index >= 15 is 0 Å². The molecule has 1 aromatic carbocycles. The first-order chi connectivity index (χ1) is 14.2. The van der Waals surface area contributed by atoms with Crippen molar-refractivity contribution in [2.45, 2.75) is 13.0 Å². The van der Waals surface area contributed by atoms with Crippen LogP contribution in [0.25, 0.3) is 5.69 Å². The van der Waals surface area contributed by atoms with Crippen LogP contribution in [0, 0.1) is 5.82 Å². The number of carbonyl (C=O) groups is 2. The molecule has 1 atom stereocenters. The molecule has 0 spiro atoms. The van der Waals surface area contributed by atoms with E-state index in [0.717, 1.165) is 19.4 Å². The van der Waals surface area contributed by atoms with Gasteiger partial charge >= 0.3 is 0 Å². The van der Waals surface area contributed by atoms with Gasteiger partial charge in [-0.15, -0.1) is 11.3 Å². The lowest BCUT2D eigenvalue weighted by Gasteiger charge is -2.14. The van der Waals surface area contributed by atoms with Crippen LogP contribution in [0.1, 0.15) is 38.7 Å². The van der Waals surface area contributed by atoms with Crippen LogP contribution in [-0.2, 0) is 0 Å². The third kappa shape index (κ3) is 4.49. The molecule has 0 fully saturated rings. The molecule has 0 aliphatic rings. The van der Waals surface area contributed by atoms with Crippen LogP contribution in [0.15, 0.2) is 51.0 Å². The lowest BCUT2D eigenvalue weighted by molar-refractivity contribution is 0.0822. The number of rotatable bonds is 5. The van der Waals surface area contributed by atoms with Gasteiger partial charge in [0.05, 0.1) is 15.4 Å². The van der Waals surface area contributed by atoms with E-state index in [1.165, 1.54) is 54.6 Å². The van der Waals surface area contributed by atoms with Gasteiger partial charge in [-0.1, -0.05) is 6.07 Å². The summed E-state index contributed by atoms with van der Waals surface area (Å²) in [7, 11) is 2.99. The standard InChI is InChI=1S/C20H18BrFN4O3S/c1-11(15-8-9-16(21)30-15)23-19(28)13-7-10-17(27)26(24-13)14-6-4-5-12(18(14)22)20(29)25(2)3/h4-11H,1-3H3,(H,23,28)/t11-/m1/s1. The number of benzene rings is 1. The second-order valence-corrected chi connectivity index (χ2v) is 9.14. The van der Waals surface area contributed by atoms with Crippen LogP contribution in [-0.4, -0.2) is 40.6 Å². The zero-order chi connectivity index (χ0) is 22.0. The summed E-state index contributed by atoms with van der Waals surface area (Å²) in [6, 6.07) is 9.99. The van der Waals surface area contributed by atoms with Gasteiger partial charge < -0.3 is 10.2 Å². The first-order valence-corrected chi connectivity index (χ1v) is 10.5. The Morgan fingerprint density at radius 1 is 1.20 bits per heavy atom. The minimum absolute atomic E-state index is 0.0548. The molecule has 0 unspecified atom stereocenters. The normalized spacial score (nSPS) is 11.8. The molecule has 0 bridgehead atoms. The van der Waals surface area contributed by atoms with Crippen molar-refractivity contribution < 1.29 is 14.0 Å². The summed E-state index contributed by atoms with van der Waals surface area (Å²) in [5.74, 6) is -1.95. The molecule has 2 heterocycles. The summed E-state index contributed by atoms with van der Waals surface area (Å²) in [6.07, 6.45) is 0. The van der Waals surface area contributed by atoms with Crippen molar-refractivity contribution in [3.8, 4) is 5.69 Å². The van der Waals surface area contributed by atoms with Crippen molar-refractivity contribution in [1.82, 2.24) is 20.0 Å². The van der Waals surface area contributed by atoms with Crippen molar-refractivity contribution in [2.24, 2.45) is 0 Å². The third-order valence-corrected chi connectivity index (χ3v) is 6.05. The number of nitrogens with zero attached hydrogens (tertiary/aromatic N) is 3. The maximum Gasteiger partial charge on any atom is 0.272 e. The molecule has 1 N–H and O–H groups in total. The molecule has 0 saturated heterocycles. The number of carbonyl (C=O) groups excluding carboxylic acids is 2. The topological polar surface area (TPSA) is 84.3 Å². The number of halogens is 2. The average molecular weight is 493 g/mol. The number of aromatic nitrogens is 2. The highest BCUT2D eigenvalue weighted by Gasteiger charge is 2.20. The molecule has 2 aromatic heterocycles. The Hall–Kier alpha value is -2.85. The van der Waals surface area contributed by atoms with E-state index in [9.17, 15) is 18.8 Å². The Morgan fingerprint density at radius 3 is 2.57 bits per heavy atom. The van der Waals surface area contributed by atoms with Crippen molar-refractivity contribution in [2.75, 3.05) is 14.1 Å². The zero-order valence-corrected chi connectivity index (χ0v) is 18.8. The summed E-state index contributed by atoms with van der Waals surface area (Å²) >= 11 is 4.86. The van der Waals surface area contributed by atoms with Crippen LogP contribution in [0.3, 0.4) is 0 Å². The fourth-order valence-electron chi connectivity index (χ4n) is 2.70. The van der Waals surface area contributed by atoms with E-state index in [2.05, 4.69) is 26.3 Å². The average Bonchev–Trinajstić information content (AvgIpc) is 3.14. The minimum Gasteiger partial charge on any atom is -0.345 e. The molecule has 156 valence electrons. The predicted molar refractivity (Wildman–Crippen MR) is 116 cm³/mol. The number of nitrogens with one attached hydrogen (secondary N) is 1. The molecule has 0 saturated carbocycles. The van der Waals surface area contributed by atoms with Gasteiger partial charge in [0, 0.05) is 25.0 Å². The van der Waals surface area contributed by atoms with E-state index in [4.69, 9.17) is 0 Å². The van der Waals surface area contributed by atoms with Gasteiger partial charge in [-0.05, 0) is 53.2 Å². The monoisotopic (exact) mass is 492 g/mol. The molecular formula is C20H18BrFN4O3S. The van der Waals surface area contributed by atoms with Crippen molar-refractivity contribution in [1.29, 1.82) is 0 Å². The third-order valence-electron chi connectivity index (χ3n) is 4.24. The maximum absolute atomic E-state index is 15.0. The van der Waals surface area contributed by atoms with Gasteiger partial charge in [0.25, 0.3) is 17.4 Å². The van der Waals surface area contributed by atoms with E-state index in [-0.39, 0.29) is 23.0 Å². The molecule has 0 aliphatic carbocycles. The van der Waals surface area contributed by atoms with Gasteiger partial charge in [-0.25, -0.2) is 4.39 Å². The molecule has 3 aromatic rings. The second-order valence-electron chi connectivity index (χ2n) is 6.64. The minimum atomic E-state index is -0.889. The van der Waals surface area contributed by atoms with Crippen LogP contribution < -0.4 is 10.9 Å². The molecule has 30 heavy (non-hydrogen) atoms. The van der Waals surface area contributed by atoms with Crippen molar-refractivity contribution >= 4 is 39.1 Å². The number of hydrogen-bond acceptors (Lipinski definition) is 5. The molecule has 0 radical (unpaired) electrons. The van der Waals surface area contributed by atoms with E-state index < -0.39 is 23.2 Å². The molecule has 7 nitrogen and oxygen atoms in total. The summed E-state index contributed by atoms with van der Waals surface area (Å²) in [5, 5.41) is 6.82. The van der Waals surface area contributed by atoms with E-state index in [1.807, 2.05) is 19.1 Å². The Kier molecular flexibility index (Phi) is 6.47. The summed E-state index contributed by atoms with van der Waals surface area (Å²) in [5.41, 5.74) is -1.09.